The van der Waals surface area contributed by atoms with E-state index in [1.165, 1.54) is 23.8 Å². The van der Waals surface area contributed by atoms with E-state index >= 15 is 0 Å². The molecule has 2 aromatic heterocycles. The fraction of sp³-hybridized carbons (Fsp3) is 0.0714. The molecule has 3 rings (SSSR count). The molecule has 4 nitrogen and oxygen atoms in total. The largest absolute Gasteiger partial charge is 0.507 e. The molecule has 1 N–H and O–H groups in total. The number of carbonyl (C=O) groups excluding carboxylic acids is 1. The maximum Gasteiger partial charge on any atom is 0.198 e. The van der Waals surface area contributed by atoms with Crippen LogP contribution in [0, 0.1) is 6.92 Å². The van der Waals surface area contributed by atoms with Crippen molar-refractivity contribution in [2.24, 2.45) is 0 Å². The summed E-state index contributed by atoms with van der Waals surface area (Å²) < 4.78 is 4.20. The van der Waals surface area contributed by atoms with E-state index < -0.39 is 0 Å². The Morgan fingerprint density at radius 2 is 2.11 bits per heavy atom. The fourth-order valence-corrected chi connectivity index (χ4v) is 2.62. The van der Waals surface area contributed by atoms with Crippen molar-refractivity contribution in [3.05, 3.63) is 53.3 Å². The summed E-state index contributed by atoms with van der Waals surface area (Å²) in [5.74, 6) is -0.258. The highest BCUT2D eigenvalue weighted by molar-refractivity contribution is 7.12. The first-order valence-corrected chi connectivity index (χ1v) is 6.49. The molecule has 3 aromatic rings. The first-order chi connectivity index (χ1) is 9.16. The molecule has 94 valence electrons. The third-order valence-corrected chi connectivity index (χ3v) is 3.78. The van der Waals surface area contributed by atoms with E-state index in [0.717, 1.165) is 15.9 Å². The predicted molar refractivity (Wildman–Crippen MR) is 73.7 cm³/mol. The average Bonchev–Trinajstić information content (AvgIpc) is 2.80. The van der Waals surface area contributed by atoms with E-state index in [1.807, 2.05) is 6.92 Å². The highest BCUT2D eigenvalue weighted by atomic mass is 32.1. The van der Waals surface area contributed by atoms with Crippen LogP contribution >= 0.6 is 11.5 Å². The Bertz CT molecular complexity index is 780. The van der Waals surface area contributed by atoms with Gasteiger partial charge in [0, 0.05) is 17.1 Å². The number of aromatic nitrogens is 2. The fourth-order valence-electron chi connectivity index (χ4n) is 1.89. The van der Waals surface area contributed by atoms with Crippen molar-refractivity contribution in [1.29, 1.82) is 0 Å². The monoisotopic (exact) mass is 270 g/mol. The van der Waals surface area contributed by atoms with Gasteiger partial charge in [-0.15, -0.1) is 0 Å². The second kappa shape index (κ2) is 4.44. The third kappa shape index (κ3) is 1.98. The number of rotatable bonds is 2. The van der Waals surface area contributed by atoms with E-state index in [4.69, 9.17) is 0 Å². The van der Waals surface area contributed by atoms with Gasteiger partial charge < -0.3 is 5.11 Å². The molecule has 19 heavy (non-hydrogen) atoms. The van der Waals surface area contributed by atoms with Crippen molar-refractivity contribution in [3.8, 4) is 5.75 Å². The molecule has 0 aliphatic heterocycles. The van der Waals surface area contributed by atoms with Gasteiger partial charge in [-0.25, -0.2) is 4.98 Å². The number of pyridine rings is 1. The number of carbonyl (C=O) groups is 1. The van der Waals surface area contributed by atoms with Crippen LogP contribution in [0.15, 0.2) is 36.5 Å². The minimum absolute atomic E-state index is 0.0206. The van der Waals surface area contributed by atoms with E-state index in [1.54, 1.807) is 24.3 Å². The van der Waals surface area contributed by atoms with Crippen LogP contribution in [0.4, 0.5) is 0 Å². The highest BCUT2D eigenvalue weighted by Crippen LogP contribution is 2.24. The van der Waals surface area contributed by atoms with Gasteiger partial charge >= 0.3 is 0 Å². The van der Waals surface area contributed by atoms with Crippen molar-refractivity contribution < 1.29 is 9.90 Å². The van der Waals surface area contributed by atoms with Crippen molar-refractivity contribution >= 4 is 27.5 Å². The standard InChI is InChI=1S/C14H10N2O2S/c1-8-11-6-9(7-15-14(11)19-16-8)13(18)10-4-2-3-5-12(10)17/h2-7,17H,1H3. The molecule has 0 bridgehead atoms. The summed E-state index contributed by atoms with van der Waals surface area (Å²) in [5, 5.41) is 10.6. The van der Waals surface area contributed by atoms with Crippen LogP contribution in [-0.4, -0.2) is 20.2 Å². The van der Waals surface area contributed by atoms with Gasteiger partial charge in [0.25, 0.3) is 0 Å². The first kappa shape index (κ1) is 11.8. The van der Waals surface area contributed by atoms with Crippen LogP contribution < -0.4 is 0 Å². The van der Waals surface area contributed by atoms with Crippen molar-refractivity contribution in [3.63, 3.8) is 0 Å². The summed E-state index contributed by atoms with van der Waals surface area (Å²) >= 11 is 1.31. The van der Waals surface area contributed by atoms with E-state index in [0.29, 0.717) is 5.56 Å². The van der Waals surface area contributed by atoms with E-state index in [9.17, 15) is 9.90 Å². The Hall–Kier alpha value is -2.27. The van der Waals surface area contributed by atoms with Crippen molar-refractivity contribution in [2.75, 3.05) is 0 Å². The van der Waals surface area contributed by atoms with Gasteiger partial charge in [-0.2, -0.15) is 4.37 Å². The third-order valence-electron chi connectivity index (χ3n) is 2.92. The summed E-state index contributed by atoms with van der Waals surface area (Å²) in [4.78, 5) is 17.4. The maximum absolute atomic E-state index is 12.3. The van der Waals surface area contributed by atoms with Crippen LogP contribution in [0.3, 0.4) is 0 Å². The summed E-state index contributed by atoms with van der Waals surface area (Å²) in [5.41, 5.74) is 1.60. The molecule has 0 fully saturated rings. The van der Waals surface area contributed by atoms with Crippen LogP contribution in [-0.2, 0) is 0 Å². The smallest absolute Gasteiger partial charge is 0.198 e. The van der Waals surface area contributed by atoms with E-state index in [2.05, 4.69) is 9.36 Å². The molecule has 0 unspecified atom stereocenters. The number of hydrogen-bond donors (Lipinski definition) is 1. The van der Waals surface area contributed by atoms with Crippen molar-refractivity contribution in [1.82, 2.24) is 9.36 Å². The second-order valence-electron chi connectivity index (χ2n) is 4.19. The first-order valence-electron chi connectivity index (χ1n) is 5.71. The Morgan fingerprint density at radius 3 is 2.89 bits per heavy atom. The van der Waals surface area contributed by atoms with Gasteiger partial charge in [-0.3, -0.25) is 4.79 Å². The number of phenols is 1. The number of aromatic hydroxyl groups is 1. The average molecular weight is 270 g/mol. The lowest BCUT2D eigenvalue weighted by Gasteiger charge is -2.03. The Balaban J connectivity index is 2.11. The minimum Gasteiger partial charge on any atom is -0.507 e. The van der Waals surface area contributed by atoms with Gasteiger partial charge in [0.15, 0.2) is 5.78 Å². The zero-order valence-corrected chi connectivity index (χ0v) is 10.9. The van der Waals surface area contributed by atoms with E-state index in [-0.39, 0.29) is 17.1 Å². The maximum atomic E-state index is 12.3. The van der Waals surface area contributed by atoms with Gasteiger partial charge in [-0.1, -0.05) is 12.1 Å². The molecule has 0 aliphatic carbocycles. The number of phenolic OH excluding ortho intramolecular Hbond substituents is 1. The molecule has 0 radical (unpaired) electrons. The molecule has 0 saturated carbocycles. The Morgan fingerprint density at radius 1 is 1.32 bits per heavy atom. The molecule has 0 spiro atoms. The molecule has 5 heteroatoms. The summed E-state index contributed by atoms with van der Waals surface area (Å²) in [6.07, 6.45) is 1.52. The second-order valence-corrected chi connectivity index (χ2v) is 4.94. The van der Waals surface area contributed by atoms with Gasteiger partial charge in [0.05, 0.1) is 11.3 Å². The molecular formula is C14H10N2O2S. The Kier molecular flexibility index (Phi) is 2.76. The van der Waals surface area contributed by atoms with Crippen LogP contribution in [0.1, 0.15) is 21.6 Å². The number of hydrogen-bond acceptors (Lipinski definition) is 5. The zero-order valence-electron chi connectivity index (χ0n) is 10.1. The lowest BCUT2D eigenvalue weighted by atomic mass is 10.0. The van der Waals surface area contributed by atoms with Crippen LogP contribution in [0.25, 0.3) is 10.2 Å². The van der Waals surface area contributed by atoms with Gasteiger partial charge in [0.2, 0.25) is 0 Å². The normalized spacial score (nSPS) is 10.8. The summed E-state index contributed by atoms with van der Waals surface area (Å²) in [6, 6.07) is 8.27. The number of benzene rings is 1. The summed E-state index contributed by atoms with van der Waals surface area (Å²) in [6.45, 7) is 1.88. The van der Waals surface area contributed by atoms with Crippen molar-refractivity contribution in [2.45, 2.75) is 6.92 Å². The highest BCUT2D eigenvalue weighted by Gasteiger charge is 2.15. The Labute approximate surface area is 113 Å². The number of aryl methyl sites for hydroxylation is 1. The number of fused-ring (bicyclic) bond motifs is 1. The SMILES string of the molecule is Cc1nsc2ncc(C(=O)c3ccccc3O)cc12. The molecule has 1 aromatic carbocycles. The molecule has 0 aliphatic rings. The molecule has 2 heterocycles. The number of ketones is 1. The lowest BCUT2D eigenvalue weighted by molar-refractivity contribution is 0.103. The zero-order chi connectivity index (χ0) is 13.4. The molecular weight excluding hydrogens is 260 g/mol. The quantitative estimate of drug-likeness (QED) is 0.727. The topological polar surface area (TPSA) is 63.1 Å². The lowest BCUT2D eigenvalue weighted by Crippen LogP contribution is -2.02. The molecule has 0 amide bonds. The summed E-state index contributed by atoms with van der Waals surface area (Å²) in [7, 11) is 0. The minimum atomic E-state index is -0.238. The predicted octanol–water partition coefficient (Wildman–Crippen LogP) is 2.94. The number of nitrogens with zero attached hydrogens (tertiary/aromatic N) is 2. The number of para-hydroxylation sites is 1. The van der Waals surface area contributed by atoms with Gasteiger partial charge in [-0.05, 0) is 36.7 Å². The van der Waals surface area contributed by atoms with Crippen LogP contribution in [0.5, 0.6) is 5.75 Å². The molecule has 0 atom stereocenters. The van der Waals surface area contributed by atoms with Gasteiger partial charge in [0.1, 0.15) is 10.6 Å². The van der Waals surface area contributed by atoms with Crippen LogP contribution in [0.2, 0.25) is 0 Å². The molecule has 0 saturated heterocycles.